The van der Waals surface area contributed by atoms with Crippen molar-refractivity contribution >= 4 is 0 Å². The van der Waals surface area contributed by atoms with Gasteiger partial charge in [-0.1, -0.05) is 157 Å². The lowest BCUT2D eigenvalue weighted by Crippen LogP contribution is -2.42. The summed E-state index contributed by atoms with van der Waals surface area (Å²) >= 11 is 0. The fourth-order valence-electron chi connectivity index (χ4n) is 7.46. The van der Waals surface area contributed by atoms with E-state index in [0.717, 1.165) is 31.6 Å². The van der Waals surface area contributed by atoms with Gasteiger partial charge in [0.05, 0.1) is 17.6 Å². The monoisotopic (exact) mass is 606 g/mol. The minimum Gasteiger partial charge on any atom is -0.375 e. The second-order valence-electron chi connectivity index (χ2n) is 14.5. The molecule has 0 fully saturated rings. The van der Waals surface area contributed by atoms with Crippen LogP contribution < -0.4 is 0 Å². The molecule has 1 heterocycles. The predicted molar refractivity (Wildman–Crippen MR) is 191 cm³/mol. The maximum atomic E-state index is 6.66. The van der Waals surface area contributed by atoms with Crippen LogP contribution in [0, 0.1) is 11.3 Å². The van der Waals surface area contributed by atoms with Crippen molar-refractivity contribution < 1.29 is 4.74 Å². The smallest absolute Gasteiger partial charge is 0.121 e. The van der Waals surface area contributed by atoms with Crippen LogP contribution in [0.4, 0.5) is 0 Å². The summed E-state index contributed by atoms with van der Waals surface area (Å²) in [4.78, 5) is 4.95. The molecule has 0 aliphatic rings. The van der Waals surface area contributed by atoms with E-state index in [1.54, 1.807) is 0 Å². The highest BCUT2D eigenvalue weighted by Crippen LogP contribution is 2.42. The average molecular weight is 607 g/mol. The van der Waals surface area contributed by atoms with E-state index in [2.05, 4.69) is 143 Å². The lowest BCUT2D eigenvalue weighted by molar-refractivity contribution is -0.0961. The molecule has 0 radical (unpaired) electrons. The first-order valence-electron chi connectivity index (χ1n) is 17.5. The molecule has 45 heavy (non-hydrogen) atoms. The zero-order valence-electron chi connectivity index (χ0n) is 29.0. The van der Waals surface area contributed by atoms with Crippen molar-refractivity contribution in [1.82, 2.24) is 9.55 Å². The molecule has 4 aromatic rings. The Hall–Kier alpha value is -3.17. The summed E-state index contributed by atoms with van der Waals surface area (Å²) < 4.78 is 8.98. The number of unbranched alkanes of at least 4 members (excludes halogenated alkanes) is 6. The third-order valence-electron chi connectivity index (χ3n) is 9.63. The third-order valence-corrected chi connectivity index (χ3v) is 9.63. The van der Waals surface area contributed by atoms with E-state index in [0.29, 0.717) is 5.92 Å². The van der Waals surface area contributed by atoms with Crippen molar-refractivity contribution in [1.29, 1.82) is 0 Å². The molecule has 0 spiro atoms. The van der Waals surface area contributed by atoms with Gasteiger partial charge in [-0.15, -0.1) is 0 Å². The van der Waals surface area contributed by atoms with Gasteiger partial charge in [0.25, 0.3) is 0 Å². The van der Waals surface area contributed by atoms with Crippen LogP contribution in [0.2, 0.25) is 0 Å². The maximum absolute atomic E-state index is 6.66. The summed E-state index contributed by atoms with van der Waals surface area (Å²) in [5, 5.41) is 0. The molecule has 0 aliphatic carbocycles. The Morgan fingerprint density at radius 2 is 1.16 bits per heavy atom. The van der Waals surface area contributed by atoms with Gasteiger partial charge in [-0.2, -0.15) is 0 Å². The second kappa shape index (κ2) is 16.4. The lowest BCUT2D eigenvalue weighted by Gasteiger charge is -2.43. The third kappa shape index (κ3) is 8.97. The van der Waals surface area contributed by atoms with Crippen molar-refractivity contribution in [2.75, 3.05) is 6.61 Å². The highest BCUT2D eigenvalue weighted by atomic mass is 16.5. The SMILES string of the molecule is CCCCCCCCC(C(C)(C)C)C(C)(C)OCCCCc1cn(C(c2ccccc2)(c2ccccc2)c2ccccc2)cn1. The second-order valence-corrected chi connectivity index (χ2v) is 14.5. The highest BCUT2D eigenvalue weighted by Gasteiger charge is 2.39. The van der Waals surface area contributed by atoms with Gasteiger partial charge < -0.3 is 9.30 Å². The fourth-order valence-corrected chi connectivity index (χ4v) is 7.46. The molecule has 3 nitrogen and oxygen atoms in total. The number of hydrogen-bond donors (Lipinski definition) is 0. The number of aryl methyl sites for hydroxylation is 1. The minimum absolute atomic E-state index is 0.135. The van der Waals surface area contributed by atoms with E-state index < -0.39 is 5.54 Å². The number of rotatable bonds is 18. The Bertz CT molecular complexity index is 1270. The molecular weight excluding hydrogens is 548 g/mol. The summed E-state index contributed by atoms with van der Waals surface area (Å²) in [6, 6.07) is 32.5. The average Bonchev–Trinajstić information content (AvgIpc) is 3.50. The largest absolute Gasteiger partial charge is 0.375 e. The molecule has 3 aromatic carbocycles. The first-order chi connectivity index (χ1) is 21.7. The maximum Gasteiger partial charge on any atom is 0.121 e. The summed E-state index contributed by atoms with van der Waals surface area (Å²) in [6.07, 6.45) is 16.6. The zero-order valence-corrected chi connectivity index (χ0v) is 29.0. The summed E-state index contributed by atoms with van der Waals surface area (Å²) in [7, 11) is 0. The van der Waals surface area contributed by atoms with Crippen LogP contribution in [0.25, 0.3) is 0 Å². The van der Waals surface area contributed by atoms with Gasteiger partial charge in [0, 0.05) is 12.8 Å². The van der Waals surface area contributed by atoms with Crippen LogP contribution in [0.5, 0.6) is 0 Å². The molecule has 4 rings (SSSR count). The first kappa shape index (κ1) is 34.7. The van der Waals surface area contributed by atoms with E-state index in [4.69, 9.17) is 9.72 Å². The standard InChI is InChI=1S/C42H58N2O/c1-7-8-9-10-11-21-31-39(40(2,3)4)41(5,6)45-32-23-22-30-38-33-44(34-43-38)42(35-24-15-12-16-25-35,36-26-17-13-18-27-36)37-28-19-14-20-29-37/h12-20,24-29,33-34,39H,7-11,21-23,30-32H2,1-6H3. The van der Waals surface area contributed by atoms with E-state index in [-0.39, 0.29) is 11.0 Å². The molecule has 1 atom stereocenters. The van der Waals surface area contributed by atoms with Crippen molar-refractivity contribution in [2.45, 2.75) is 117 Å². The van der Waals surface area contributed by atoms with Crippen LogP contribution in [0.1, 0.15) is 122 Å². The predicted octanol–water partition coefficient (Wildman–Crippen LogP) is 11.3. The normalized spacial score (nSPS) is 13.2. The number of ether oxygens (including phenoxy) is 1. The highest BCUT2D eigenvalue weighted by molar-refractivity contribution is 5.50. The first-order valence-corrected chi connectivity index (χ1v) is 17.5. The lowest BCUT2D eigenvalue weighted by atomic mass is 9.69. The van der Waals surface area contributed by atoms with Gasteiger partial charge in [-0.3, -0.25) is 0 Å². The number of hydrogen-bond acceptors (Lipinski definition) is 2. The Kier molecular flexibility index (Phi) is 12.7. The fraction of sp³-hybridized carbons (Fsp3) is 0.500. The molecule has 1 unspecified atom stereocenters. The summed E-state index contributed by atoms with van der Waals surface area (Å²) in [6.45, 7) is 14.9. The molecule has 0 bridgehead atoms. The Morgan fingerprint density at radius 1 is 0.644 bits per heavy atom. The molecule has 0 saturated heterocycles. The molecule has 0 aliphatic heterocycles. The van der Waals surface area contributed by atoms with Gasteiger partial charge >= 0.3 is 0 Å². The quantitative estimate of drug-likeness (QED) is 0.0832. The molecule has 242 valence electrons. The number of nitrogens with zero attached hydrogens (tertiary/aromatic N) is 2. The van der Waals surface area contributed by atoms with E-state index >= 15 is 0 Å². The summed E-state index contributed by atoms with van der Waals surface area (Å²) in [5.74, 6) is 0.536. The number of benzene rings is 3. The van der Waals surface area contributed by atoms with Crippen LogP contribution in [-0.4, -0.2) is 21.8 Å². The Morgan fingerprint density at radius 3 is 1.67 bits per heavy atom. The molecule has 0 N–H and O–H groups in total. The summed E-state index contributed by atoms with van der Waals surface area (Å²) in [5.41, 5.74) is 4.35. The molecule has 0 amide bonds. The van der Waals surface area contributed by atoms with Gasteiger partial charge in [-0.05, 0) is 67.6 Å². The molecule has 1 aromatic heterocycles. The number of aromatic nitrogens is 2. The van der Waals surface area contributed by atoms with Crippen LogP contribution in [-0.2, 0) is 16.7 Å². The van der Waals surface area contributed by atoms with E-state index in [1.165, 1.54) is 61.6 Å². The van der Waals surface area contributed by atoms with Crippen molar-refractivity contribution in [2.24, 2.45) is 11.3 Å². The number of imidazole rings is 1. The Balaban J connectivity index is 1.43. The van der Waals surface area contributed by atoms with Crippen LogP contribution in [0.15, 0.2) is 104 Å². The van der Waals surface area contributed by atoms with Crippen molar-refractivity contribution in [3.05, 3.63) is 126 Å². The van der Waals surface area contributed by atoms with Crippen LogP contribution >= 0.6 is 0 Å². The molecular formula is C42H58N2O. The Labute approximate surface area is 274 Å². The van der Waals surface area contributed by atoms with Gasteiger partial charge in [0.2, 0.25) is 0 Å². The topological polar surface area (TPSA) is 27.1 Å². The molecule has 0 saturated carbocycles. The zero-order chi connectivity index (χ0) is 32.2. The van der Waals surface area contributed by atoms with Gasteiger partial charge in [0.15, 0.2) is 0 Å². The van der Waals surface area contributed by atoms with Gasteiger partial charge in [0.1, 0.15) is 5.54 Å². The van der Waals surface area contributed by atoms with Gasteiger partial charge in [-0.25, -0.2) is 4.98 Å². The van der Waals surface area contributed by atoms with Crippen LogP contribution in [0.3, 0.4) is 0 Å². The van der Waals surface area contributed by atoms with E-state index in [9.17, 15) is 0 Å². The minimum atomic E-state index is -0.514. The van der Waals surface area contributed by atoms with Crippen molar-refractivity contribution in [3.8, 4) is 0 Å². The van der Waals surface area contributed by atoms with E-state index in [1.807, 2.05) is 6.33 Å². The molecule has 3 heteroatoms. The van der Waals surface area contributed by atoms with Crippen molar-refractivity contribution in [3.63, 3.8) is 0 Å².